The van der Waals surface area contributed by atoms with Gasteiger partial charge in [-0.05, 0) is 338 Å². The molecular weight excluding hydrogens is 1240 g/mol. The molecule has 16 rings (SSSR count). The topological polar surface area (TPSA) is 176 Å². The molecule has 0 saturated heterocycles. The highest BCUT2D eigenvalue weighted by Gasteiger charge is 2.63. The molecule has 580 valence electrons. The number of rotatable bonds is 22. The molecule has 9 unspecified atom stereocenters. The van der Waals surface area contributed by atoms with E-state index in [9.17, 15) is 28.8 Å². The van der Waals surface area contributed by atoms with Crippen LogP contribution in [0.3, 0.4) is 0 Å². The van der Waals surface area contributed by atoms with Crippen LogP contribution in [0.5, 0.6) is 0 Å². The van der Waals surface area contributed by atoms with Gasteiger partial charge in [-0.3, -0.25) is 28.8 Å². The molecule has 9 atom stereocenters. The minimum Gasteiger partial charge on any atom is -0.465 e. The lowest BCUT2D eigenvalue weighted by molar-refractivity contribution is -0.248. The molecule has 0 aromatic rings. The second-order valence-corrected chi connectivity index (χ2v) is 35.5. The first-order valence-electron chi connectivity index (χ1n) is 37.3. The Balaban J connectivity index is 0.000000438. The van der Waals surface area contributed by atoms with E-state index >= 15 is 0 Å². The van der Waals surface area contributed by atoms with E-state index in [1.807, 2.05) is 96.9 Å². The van der Waals surface area contributed by atoms with Crippen LogP contribution in [0.25, 0.3) is 0 Å². The van der Waals surface area contributed by atoms with Gasteiger partial charge >= 0.3 is 35.8 Å². The van der Waals surface area contributed by atoms with Crippen LogP contribution < -0.4 is 0 Å². The van der Waals surface area contributed by atoms with Gasteiger partial charge in [-0.2, -0.15) is 0 Å². The first-order valence-corrected chi connectivity index (χ1v) is 37.3. The summed E-state index contributed by atoms with van der Waals surface area (Å²) in [6.07, 6.45) is 30.7. The molecule has 16 fully saturated rings. The van der Waals surface area contributed by atoms with Gasteiger partial charge in [0.05, 0.1) is 45.2 Å². The maximum atomic E-state index is 12.6. The Labute approximate surface area is 607 Å². The Hall–Kier alpha value is -3.26. The maximum Gasteiger partial charge on any atom is 0.313 e. The normalized spacial score (nSPS) is 36.1. The van der Waals surface area contributed by atoms with Crippen molar-refractivity contribution >= 4 is 35.8 Å². The summed E-state index contributed by atoms with van der Waals surface area (Å²) in [4.78, 5) is 73.2. The molecule has 14 heteroatoms. The molecule has 16 aliphatic rings. The van der Waals surface area contributed by atoms with Gasteiger partial charge in [0.2, 0.25) is 6.29 Å². The van der Waals surface area contributed by atoms with Crippen molar-refractivity contribution in [3.63, 3.8) is 0 Å². The zero-order valence-corrected chi connectivity index (χ0v) is 59.4. The summed E-state index contributed by atoms with van der Waals surface area (Å²) in [6.45, 7) is 29.6. The number of esters is 6. The molecule has 16 saturated carbocycles. The lowest BCUT2D eigenvalue weighted by Gasteiger charge is -2.59. The monoisotopic (exact) mass is 1400 g/mol. The summed E-state index contributed by atoms with van der Waals surface area (Å²) in [7, 11) is 0. The molecular formula is C85H156O14. The predicted octanol–water partition coefficient (Wildman–Crippen LogP) is 21.6. The molecule has 14 nitrogen and oxygen atoms in total. The fourth-order valence-electron chi connectivity index (χ4n) is 21.7. The lowest BCUT2D eigenvalue weighted by atomic mass is 9.49. The Kier molecular flexibility index (Phi) is 33.5. The van der Waals surface area contributed by atoms with Gasteiger partial charge in [-0.25, -0.2) is 0 Å². The summed E-state index contributed by atoms with van der Waals surface area (Å²) in [6, 6.07) is 0. The van der Waals surface area contributed by atoms with Crippen molar-refractivity contribution in [2.24, 2.45) is 122 Å². The van der Waals surface area contributed by atoms with E-state index in [1.165, 1.54) is 122 Å². The van der Waals surface area contributed by atoms with Gasteiger partial charge in [0.15, 0.2) is 6.29 Å². The third kappa shape index (κ3) is 20.2. The first kappa shape index (κ1) is 91.8. The van der Waals surface area contributed by atoms with Crippen molar-refractivity contribution in [2.75, 3.05) is 19.8 Å². The Morgan fingerprint density at radius 3 is 1.22 bits per heavy atom. The third-order valence-electron chi connectivity index (χ3n) is 27.4. The fraction of sp³-hybridized carbons (Fsp3) is 0.929. The number of hydrogen-bond acceptors (Lipinski definition) is 14. The summed E-state index contributed by atoms with van der Waals surface area (Å²) in [5.41, 5.74) is -2.30. The van der Waals surface area contributed by atoms with Gasteiger partial charge in [-0.1, -0.05) is 87.1 Å². The van der Waals surface area contributed by atoms with E-state index in [1.54, 1.807) is 0 Å². The van der Waals surface area contributed by atoms with Crippen LogP contribution in [-0.4, -0.2) is 85.5 Å². The molecule has 16 bridgehead atoms. The van der Waals surface area contributed by atoms with E-state index in [-0.39, 0.29) is 138 Å². The van der Waals surface area contributed by atoms with E-state index in [4.69, 9.17) is 37.9 Å². The van der Waals surface area contributed by atoms with Gasteiger partial charge in [0, 0.05) is 0 Å². The van der Waals surface area contributed by atoms with Crippen molar-refractivity contribution < 1.29 is 66.7 Å². The molecule has 99 heavy (non-hydrogen) atoms. The zero-order valence-electron chi connectivity index (χ0n) is 59.4. The highest BCUT2D eigenvalue weighted by molar-refractivity contribution is 5.79. The molecule has 0 heterocycles. The van der Waals surface area contributed by atoms with E-state index in [0.717, 1.165) is 128 Å². The molecule has 0 radical (unpaired) electrons. The average molecular weight is 1400 g/mol. The summed E-state index contributed by atoms with van der Waals surface area (Å²) >= 11 is 0. The minimum atomic E-state index is -0.489. The van der Waals surface area contributed by atoms with Crippen molar-refractivity contribution in [2.45, 2.75) is 367 Å². The molecule has 0 spiro atoms. The van der Waals surface area contributed by atoms with Crippen LogP contribution in [0.15, 0.2) is 0 Å². The highest BCUT2D eigenvalue weighted by Crippen LogP contribution is 2.68. The highest BCUT2D eigenvalue weighted by atomic mass is 16.7. The third-order valence-corrected chi connectivity index (χ3v) is 27.4. The van der Waals surface area contributed by atoms with Crippen LogP contribution in [0.4, 0.5) is 0 Å². The predicted molar refractivity (Wildman–Crippen MR) is 402 cm³/mol. The van der Waals surface area contributed by atoms with Crippen LogP contribution in [0.2, 0.25) is 0 Å². The molecule has 0 aromatic carbocycles. The number of carbonyl (C=O) groups excluding carboxylic acids is 6. The average Bonchev–Trinajstić information content (AvgIpc) is 1.62. The van der Waals surface area contributed by atoms with E-state index in [2.05, 4.69) is 6.92 Å². The molecule has 0 N–H and O–H groups in total. The van der Waals surface area contributed by atoms with Gasteiger partial charge in [0.1, 0.15) is 25.4 Å². The second-order valence-electron chi connectivity index (χ2n) is 35.5. The molecule has 0 aromatic heterocycles. The van der Waals surface area contributed by atoms with Gasteiger partial charge in [0.25, 0.3) is 0 Å². The van der Waals surface area contributed by atoms with Gasteiger partial charge < -0.3 is 37.9 Å². The summed E-state index contributed by atoms with van der Waals surface area (Å²) in [5.74, 6) is 12.1. The van der Waals surface area contributed by atoms with Crippen molar-refractivity contribution in [3.8, 4) is 0 Å². The van der Waals surface area contributed by atoms with Crippen LogP contribution in [0.1, 0.15) is 337 Å². The van der Waals surface area contributed by atoms with Gasteiger partial charge in [-0.15, -0.1) is 0 Å². The van der Waals surface area contributed by atoms with E-state index < -0.39 is 34.2 Å². The standard InChI is InChI=1S/C20H32O4.C20H32O3.C19H30O4.C18H30O3.8CH4/c1-5-19(2,3)18(22)23-7-6-17(21)24-20(4)15-9-13-8-14(11-15)12-16(20)10-13;1-5-20(3,4)19(21)23-11(2)22-16-10-14-9-15(16)18-13-7-6-12(8-13)17(14)18;1-4-18(2,3)16(20)22-5-6-23-17(21)19-10-13-7-14(11-19)9-15(8-13)12-19;1-5-17(3,4)16(19)20-12(2)21-18-9-13-6-14(10-18)8-15(7-13)11-18;;;;;;;;/h13-16H,5-12H2,1-4H3;11-18H,5-10H2,1-4H3;13-15H,4-12H2,1-3H3;12-15H,5-11H2,1-4H3;8*1H4. The number of hydrogen-bond donors (Lipinski definition) is 0. The molecule has 0 aliphatic heterocycles. The first-order chi connectivity index (χ1) is 42.8. The Morgan fingerprint density at radius 2 is 0.788 bits per heavy atom. The SMILES string of the molecule is C.C.C.C.C.C.C.C.CCC(C)(C)C(=O)OC(C)OC12CC3CC(CC(C3)C1)C2.CCC(C)(C)C(=O)OC(C)OC1CC2CC1C1C3CCC(C3)C21.CCC(C)(C)C(=O)OCCC(=O)OC1(C)C2CC3CC(C2)CC1C3.CCC(C)(C)C(=O)OCCOC(=O)C12CC3CC(CC(C3)C1)C2. The summed E-state index contributed by atoms with van der Waals surface area (Å²) in [5, 5.41) is 0. The van der Waals surface area contributed by atoms with Crippen LogP contribution in [-0.2, 0) is 66.7 Å². The van der Waals surface area contributed by atoms with Crippen molar-refractivity contribution in [1.29, 1.82) is 0 Å². The fourth-order valence-corrected chi connectivity index (χ4v) is 21.7. The van der Waals surface area contributed by atoms with Crippen molar-refractivity contribution in [1.82, 2.24) is 0 Å². The quantitative estimate of drug-likeness (QED) is 0.0329. The zero-order chi connectivity index (χ0) is 65.8. The second kappa shape index (κ2) is 36.2. The Bertz CT molecular complexity index is 2480. The van der Waals surface area contributed by atoms with Crippen molar-refractivity contribution in [3.05, 3.63) is 0 Å². The number of ether oxygens (including phenoxy) is 8. The minimum absolute atomic E-state index is 0. The summed E-state index contributed by atoms with van der Waals surface area (Å²) < 4.78 is 45.7. The van der Waals surface area contributed by atoms with Crippen LogP contribution in [0, 0.1) is 122 Å². The Morgan fingerprint density at radius 1 is 0.414 bits per heavy atom. The molecule has 0 amide bonds. The lowest BCUT2D eigenvalue weighted by Crippen LogP contribution is -2.58. The molecule has 16 aliphatic carbocycles. The largest absolute Gasteiger partial charge is 0.465 e. The van der Waals surface area contributed by atoms with E-state index in [0.29, 0.717) is 17.9 Å². The maximum absolute atomic E-state index is 12.6. The van der Waals surface area contributed by atoms with Crippen LogP contribution >= 0.6 is 0 Å². The number of fused-ring (bicyclic) bond motifs is 9. The number of carbonyl (C=O) groups is 6. The smallest absolute Gasteiger partial charge is 0.313 e.